The summed E-state index contributed by atoms with van der Waals surface area (Å²) in [5.74, 6) is 0.867. The molecule has 262 valence electrons. The lowest BCUT2D eigenvalue weighted by Crippen LogP contribution is -2.09. The van der Waals surface area contributed by atoms with Crippen molar-refractivity contribution in [3.05, 3.63) is 12.2 Å². The third kappa shape index (κ3) is 39.0. The zero-order chi connectivity index (χ0) is 32.0. The molecule has 0 amide bonds. The highest BCUT2D eigenvalue weighted by Crippen LogP contribution is 2.15. The monoisotopic (exact) mass is 621 g/mol. The van der Waals surface area contributed by atoms with E-state index < -0.39 is 6.16 Å². The first kappa shape index (κ1) is 43.0. The third-order valence-electron chi connectivity index (χ3n) is 9.02. The lowest BCUT2D eigenvalue weighted by Gasteiger charge is -2.07. The predicted octanol–water partition coefficient (Wildman–Crippen LogP) is 14.9. The van der Waals surface area contributed by atoms with Crippen LogP contribution in [0.3, 0.4) is 0 Å². The van der Waals surface area contributed by atoms with Crippen molar-refractivity contribution in [3.63, 3.8) is 0 Å². The summed E-state index contributed by atoms with van der Waals surface area (Å²) in [7, 11) is 0. The Labute approximate surface area is 277 Å². The lowest BCUT2D eigenvalue weighted by molar-refractivity contribution is 0.0529. The molecule has 0 fully saturated rings. The minimum absolute atomic E-state index is 0.474. The first-order chi connectivity index (χ1) is 21.7. The molecule has 0 saturated heterocycles. The van der Waals surface area contributed by atoms with Gasteiger partial charge in [-0.25, -0.2) is 4.79 Å². The molecule has 0 spiro atoms. The highest BCUT2D eigenvalue weighted by atomic mass is 16.7. The molecular formula is C41H80O3. The Balaban J connectivity index is 3.18. The number of ether oxygens (including phenoxy) is 2. The normalized spacial score (nSPS) is 11.6. The molecule has 0 aromatic carbocycles. The molecule has 0 aromatic rings. The van der Waals surface area contributed by atoms with Crippen molar-refractivity contribution in [2.45, 2.75) is 226 Å². The van der Waals surface area contributed by atoms with E-state index in [1.165, 1.54) is 180 Å². The van der Waals surface area contributed by atoms with Gasteiger partial charge in [0.15, 0.2) is 0 Å². The Morgan fingerprint density at radius 1 is 0.432 bits per heavy atom. The van der Waals surface area contributed by atoms with Crippen LogP contribution < -0.4 is 0 Å². The van der Waals surface area contributed by atoms with Crippen LogP contribution in [-0.4, -0.2) is 19.4 Å². The SMILES string of the molecule is CCCCCCCCC=CCCCCCCCCCCCCOC(=O)OCCCCCCCCCCCCCCCC(C)C. The number of rotatable bonds is 36. The molecule has 0 N–H and O–H groups in total. The van der Waals surface area contributed by atoms with Crippen molar-refractivity contribution in [1.29, 1.82) is 0 Å². The fraction of sp³-hybridized carbons (Fsp3) is 0.927. The average Bonchev–Trinajstić information content (AvgIpc) is 3.01. The molecule has 0 aliphatic rings. The molecule has 0 radical (unpaired) electrons. The van der Waals surface area contributed by atoms with Gasteiger partial charge >= 0.3 is 6.16 Å². The van der Waals surface area contributed by atoms with Crippen LogP contribution in [0.15, 0.2) is 12.2 Å². The third-order valence-corrected chi connectivity index (χ3v) is 9.02. The molecule has 0 bridgehead atoms. The Kier molecular flexibility index (Phi) is 37.3. The van der Waals surface area contributed by atoms with Crippen LogP contribution in [0.5, 0.6) is 0 Å². The molecule has 0 atom stereocenters. The standard InChI is InChI=1S/C41H80O3/c1-4-5-6-7-8-9-10-11-12-13-14-15-16-17-20-23-26-29-32-35-38-43-41(42)44-39-36-33-30-27-24-21-18-19-22-25-28-31-34-37-40(2)3/h11-12,40H,4-10,13-39H2,1-3H3. The quantitative estimate of drug-likeness (QED) is 0.0397. The zero-order valence-corrected chi connectivity index (χ0v) is 30.5. The fourth-order valence-electron chi connectivity index (χ4n) is 6.01. The Bertz CT molecular complexity index is 570. The zero-order valence-electron chi connectivity index (χ0n) is 30.5. The van der Waals surface area contributed by atoms with Crippen molar-refractivity contribution < 1.29 is 14.3 Å². The summed E-state index contributed by atoms with van der Waals surface area (Å²) >= 11 is 0. The number of unbranched alkanes of at least 4 members (excludes halogenated alkanes) is 28. The first-order valence-electron chi connectivity index (χ1n) is 20.1. The van der Waals surface area contributed by atoms with Crippen LogP contribution in [0.25, 0.3) is 0 Å². The van der Waals surface area contributed by atoms with E-state index in [1.807, 2.05) is 0 Å². The number of allylic oxidation sites excluding steroid dienone is 2. The van der Waals surface area contributed by atoms with Crippen molar-refractivity contribution in [1.82, 2.24) is 0 Å². The summed E-state index contributed by atoms with van der Waals surface area (Å²) in [6.45, 7) is 7.95. The summed E-state index contributed by atoms with van der Waals surface area (Å²) in [6, 6.07) is 0. The van der Waals surface area contributed by atoms with E-state index in [-0.39, 0.29) is 0 Å². The van der Waals surface area contributed by atoms with Gasteiger partial charge in [0.25, 0.3) is 0 Å². The van der Waals surface area contributed by atoms with Crippen molar-refractivity contribution in [2.75, 3.05) is 13.2 Å². The summed E-state index contributed by atoms with van der Waals surface area (Å²) in [6.07, 6.45) is 46.9. The maximum Gasteiger partial charge on any atom is 0.508 e. The molecule has 44 heavy (non-hydrogen) atoms. The molecule has 0 heterocycles. The Morgan fingerprint density at radius 2 is 0.727 bits per heavy atom. The van der Waals surface area contributed by atoms with Gasteiger partial charge in [0.1, 0.15) is 0 Å². The maximum atomic E-state index is 11.8. The molecule has 3 heteroatoms. The van der Waals surface area contributed by atoms with Gasteiger partial charge in [0.05, 0.1) is 13.2 Å². The summed E-state index contributed by atoms with van der Waals surface area (Å²) in [4.78, 5) is 11.8. The number of carbonyl (C=O) groups is 1. The van der Waals surface area contributed by atoms with Crippen LogP contribution in [-0.2, 0) is 9.47 Å². The van der Waals surface area contributed by atoms with Gasteiger partial charge in [-0.1, -0.05) is 200 Å². The Morgan fingerprint density at radius 3 is 1.07 bits per heavy atom. The van der Waals surface area contributed by atoms with E-state index in [1.54, 1.807) is 0 Å². The van der Waals surface area contributed by atoms with Crippen molar-refractivity contribution in [3.8, 4) is 0 Å². The number of carbonyl (C=O) groups excluding carboxylic acids is 1. The molecule has 0 rings (SSSR count). The highest BCUT2D eigenvalue weighted by molar-refractivity contribution is 5.59. The van der Waals surface area contributed by atoms with Crippen LogP contribution in [0.4, 0.5) is 4.79 Å². The van der Waals surface area contributed by atoms with Crippen LogP contribution >= 0.6 is 0 Å². The van der Waals surface area contributed by atoms with E-state index in [2.05, 4.69) is 32.9 Å². The minimum Gasteiger partial charge on any atom is -0.434 e. The van der Waals surface area contributed by atoms with Crippen molar-refractivity contribution >= 4 is 6.16 Å². The fourth-order valence-corrected chi connectivity index (χ4v) is 6.01. The van der Waals surface area contributed by atoms with Gasteiger partial charge in [-0.2, -0.15) is 0 Å². The van der Waals surface area contributed by atoms with E-state index in [0.29, 0.717) is 13.2 Å². The lowest BCUT2D eigenvalue weighted by atomic mass is 10.0. The maximum absolute atomic E-state index is 11.8. The van der Waals surface area contributed by atoms with E-state index in [4.69, 9.17) is 9.47 Å². The van der Waals surface area contributed by atoms with Gasteiger partial charge in [-0.3, -0.25) is 0 Å². The average molecular weight is 621 g/mol. The molecule has 0 aromatic heterocycles. The van der Waals surface area contributed by atoms with Gasteiger partial charge in [0, 0.05) is 0 Å². The first-order valence-corrected chi connectivity index (χ1v) is 20.1. The highest BCUT2D eigenvalue weighted by Gasteiger charge is 2.03. The second-order valence-corrected chi connectivity index (χ2v) is 14.1. The van der Waals surface area contributed by atoms with E-state index in [9.17, 15) is 4.79 Å². The van der Waals surface area contributed by atoms with Crippen molar-refractivity contribution in [2.24, 2.45) is 5.92 Å². The van der Waals surface area contributed by atoms with Gasteiger partial charge in [-0.15, -0.1) is 0 Å². The molecule has 0 unspecified atom stereocenters. The molecule has 0 saturated carbocycles. The Hall–Kier alpha value is -0.990. The molecular weight excluding hydrogens is 540 g/mol. The largest absolute Gasteiger partial charge is 0.508 e. The smallest absolute Gasteiger partial charge is 0.434 e. The molecule has 0 aliphatic carbocycles. The van der Waals surface area contributed by atoms with E-state index >= 15 is 0 Å². The summed E-state index contributed by atoms with van der Waals surface area (Å²) in [5, 5.41) is 0. The van der Waals surface area contributed by atoms with Gasteiger partial charge < -0.3 is 9.47 Å². The second-order valence-electron chi connectivity index (χ2n) is 14.1. The minimum atomic E-state index is -0.474. The molecule has 3 nitrogen and oxygen atoms in total. The number of hydrogen-bond donors (Lipinski definition) is 0. The van der Waals surface area contributed by atoms with Crippen LogP contribution in [0, 0.1) is 5.92 Å². The topological polar surface area (TPSA) is 35.5 Å². The van der Waals surface area contributed by atoms with Gasteiger partial charge in [0.2, 0.25) is 0 Å². The predicted molar refractivity (Wildman–Crippen MR) is 195 cm³/mol. The molecule has 0 aliphatic heterocycles. The number of hydrogen-bond acceptors (Lipinski definition) is 3. The van der Waals surface area contributed by atoms with Crippen LogP contribution in [0.1, 0.15) is 226 Å². The summed E-state index contributed by atoms with van der Waals surface area (Å²) < 4.78 is 10.5. The summed E-state index contributed by atoms with van der Waals surface area (Å²) in [5.41, 5.74) is 0. The second kappa shape index (κ2) is 38.2. The van der Waals surface area contributed by atoms with E-state index in [0.717, 1.165) is 31.6 Å². The van der Waals surface area contributed by atoms with Crippen LogP contribution in [0.2, 0.25) is 0 Å². The van der Waals surface area contributed by atoms with Gasteiger partial charge in [-0.05, 0) is 44.4 Å².